The van der Waals surface area contributed by atoms with E-state index in [1.165, 1.54) is 32.1 Å². The van der Waals surface area contributed by atoms with E-state index in [1.807, 2.05) is 0 Å². The van der Waals surface area contributed by atoms with E-state index in [0.29, 0.717) is 6.42 Å². The van der Waals surface area contributed by atoms with Crippen molar-refractivity contribution in [3.8, 4) is 0 Å². The van der Waals surface area contributed by atoms with Crippen molar-refractivity contribution in [3.05, 3.63) is 7.43 Å². The fourth-order valence-corrected chi connectivity index (χ4v) is 1.23. The van der Waals surface area contributed by atoms with Gasteiger partial charge in [0.15, 0.2) is 0 Å². The third-order valence-electron chi connectivity index (χ3n) is 1.99. The maximum Gasteiger partial charge on any atom is 0.303 e. The zero-order chi connectivity index (χ0) is 9.23. The van der Waals surface area contributed by atoms with Gasteiger partial charge in [0.25, 0.3) is 0 Å². The molecule has 0 unspecified atom stereocenters. The molecule has 0 aromatic carbocycles. The van der Waals surface area contributed by atoms with E-state index in [4.69, 9.17) is 5.11 Å². The van der Waals surface area contributed by atoms with Crippen molar-refractivity contribution in [1.29, 1.82) is 0 Å². The monoisotopic (exact) mass is 184 g/mol. The summed E-state index contributed by atoms with van der Waals surface area (Å²) in [6.45, 7) is 2.20. The van der Waals surface area contributed by atoms with Gasteiger partial charge in [0, 0.05) is 13.8 Å². The summed E-state index contributed by atoms with van der Waals surface area (Å²) < 4.78 is 0. The van der Waals surface area contributed by atoms with Gasteiger partial charge in [-0.15, -0.1) is 0 Å². The van der Waals surface area contributed by atoms with Crippen LogP contribution in [0.4, 0.5) is 0 Å². The van der Waals surface area contributed by atoms with E-state index in [2.05, 4.69) is 6.92 Å². The fraction of sp³-hybridized carbons (Fsp3) is 0.818. The summed E-state index contributed by atoms with van der Waals surface area (Å²) in [6.07, 6.45) is 8.64. The van der Waals surface area contributed by atoms with Gasteiger partial charge < -0.3 is 5.11 Å². The number of unbranched alkanes of at least 4 members (excludes halogenated alkanes) is 6. The van der Waals surface area contributed by atoms with Gasteiger partial charge in [0.05, 0.1) is 0 Å². The predicted octanol–water partition coefficient (Wildman–Crippen LogP) is 3.29. The molecule has 0 saturated carbocycles. The highest BCUT2D eigenvalue weighted by Crippen LogP contribution is 2.07. The number of carbonyl (C=O) groups is 1. The van der Waals surface area contributed by atoms with Crippen molar-refractivity contribution < 1.29 is 9.90 Å². The topological polar surface area (TPSA) is 37.3 Å². The number of hydrogen-bond donors (Lipinski definition) is 1. The van der Waals surface area contributed by atoms with Crippen LogP contribution in [0.15, 0.2) is 0 Å². The molecule has 2 nitrogen and oxygen atoms in total. The van der Waals surface area contributed by atoms with Gasteiger partial charge in [-0.1, -0.05) is 45.4 Å². The Hall–Kier alpha value is -0.530. The lowest BCUT2D eigenvalue weighted by atomic mass is 10.1. The first-order valence-electron chi connectivity index (χ1n) is 4.99. The Labute approximate surface area is 82.4 Å². The first-order chi connectivity index (χ1) is 5.77. The standard InChI is InChI=1S/C10H20O2.C/c1-2-3-4-5-6-7-8-9-10(11)12;/h2-9H2,1H3,(H,11,12);. The van der Waals surface area contributed by atoms with Gasteiger partial charge >= 0.3 is 5.97 Å². The van der Waals surface area contributed by atoms with Crippen LogP contribution in [-0.4, -0.2) is 11.1 Å². The molecule has 0 aromatic heterocycles. The molecule has 0 amide bonds. The third kappa shape index (κ3) is 14.3. The molecule has 2 heteroatoms. The normalized spacial score (nSPS) is 9.31. The Balaban J connectivity index is 0. The SMILES string of the molecule is CCCCCCCCCC(=O)O.[C]. The second-order valence-corrected chi connectivity index (χ2v) is 3.27. The first-order valence-corrected chi connectivity index (χ1v) is 4.99. The third-order valence-corrected chi connectivity index (χ3v) is 1.99. The second-order valence-electron chi connectivity index (χ2n) is 3.27. The van der Waals surface area contributed by atoms with Crippen LogP contribution in [-0.2, 0) is 4.79 Å². The summed E-state index contributed by atoms with van der Waals surface area (Å²) in [5, 5.41) is 8.35. The molecule has 1 N–H and O–H groups in total. The van der Waals surface area contributed by atoms with Crippen LogP contribution in [0.2, 0.25) is 0 Å². The number of carboxylic acid groups (broad SMARTS) is 1. The van der Waals surface area contributed by atoms with Crippen LogP contribution in [0.1, 0.15) is 58.3 Å². The quantitative estimate of drug-likeness (QED) is 0.588. The largest absolute Gasteiger partial charge is 0.481 e. The molecule has 0 atom stereocenters. The molecule has 76 valence electrons. The maximum absolute atomic E-state index is 10.1. The van der Waals surface area contributed by atoms with E-state index < -0.39 is 5.97 Å². The Kier molecular flexibility index (Phi) is 13.2. The van der Waals surface area contributed by atoms with E-state index in [9.17, 15) is 4.79 Å². The molecule has 4 radical (unpaired) electrons. The van der Waals surface area contributed by atoms with Crippen LogP contribution in [0.3, 0.4) is 0 Å². The van der Waals surface area contributed by atoms with Crippen molar-refractivity contribution in [2.75, 3.05) is 0 Å². The van der Waals surface area contributed by atoms with Crippen LogP contribution in [0, 0.1) is 7.43 Å². The van der Waals surface area contributed by atoms with Gasteiger partial charge in [-0.25, -0.2) is 0 Å². The van der Waals surface area contributed by atoms with Gasteiger partial charge in [-0.2, -0.15) is 0 Å². The van der Waals surface area contributed by atoms with Gasteiger partial charge in [-0.3, -0.25) is 4.79 Å². The lowest BCUT2D eigenvalue weighted by Gasteiger charge is -1.98. The highest BCUT2D eigenvalue weighted by molar-refractivity contribution is 5.66. The maximum atomic E-state index is 10.1. The Bertz CT molecular complexity index is 111. The molecule has 13 heavy (non-hydrogen) atoms. The van der Waals surface area contributed by atoms with E-state index in [0.717, 1.165) is 12.8 Å². The fourth-order valence-electron chi connectivity index (χ4n) is 1.23. The molecule has 0 saturated heterocycles. The summed E-state index contributed by atoms with van der Waals surface area (Å²) in [6, 6.07) is 0. The number of carboxylic acids is 1. The molecule has 0 bridgehead atoms. The minimum Gasteiger partial charge on any atom is -0.481 e. The number of aliphatic carboxylic acids is 1. The average Bonchev–Trinajstić information content (AvgIpc) is 2.02. The molecule has 0 heterocycles. The molecule has 0 aliphatic heterocycles. The summed E-state index contributed by atoms with van der Waals surface area (Å²) in [5.74, 6) is -0.663. The van der Waals surface area contributed by atoms with Gasteiger partial charge in [0.2, 0.25) is 0 Å². The molecule has 0 spiro atoms. The lowest BCUT2D eigenvalue weighted by molar-refractivity contribution is -0.137. The zero-order valence-electron chi connectivity index (χ0n) is 8.51. The molecule has 0 fully saturated rings. The van der Waals surface area contributed by atoms with Gasteiger partial charge in [0.1, 0.15) is 0 Å². The van der Waals surface area contributed by atoms with Crippen LogP contribution >= 0.6 is 0 Å². The van der Waals surface area contributed by atoms with Crippen molar-refractivity contribution in [3.63, 3.8) is 0 Å². The molecular formula is C11H20O2. The first kappa shape index (κ1) is 15.0. The van der Waals surface area contributed by atoms with Crippen LogP contribution in [0.25, 0.3) is 0 Å². The predicted molar refractivity (Wildman–Crippen MR) is 53.5 cm³/mol. The molecule has 0 aliphatic rings. The summed E-state index contributed by atoms with van der Waals surface area (Å²) >= 11 is 0. The van der Waals surface area contributed by atoms with Crippen molar-refractivity contribution >= 4 is 5.97 Å². The summed E-state index contributed by atoms with van der Waals surface area (Å²) in [4.78, 5) is 10.1. The number of rotatable bonds is 8. The van der Waals surface area contributed by atoms with E-state index in [1.54, 1.807) is 0 Å². The highest BCUT2D eigenvalue weighted by atomic mass is 16.4. The Morgan fingerprint density at radius 3 is 1.92 bits per heavy atom. The zero-order valence-corrected chi connectivity index (χ0v) is 8.51. The minimum atomic E-state index is -0.663. The average molecular weight is 184 g/mol. The van der Waals surface area contributed by atoms with Crippen LogP contribution in [0.5, 0.6) is 0 Å². The minimum absolute atomic E-state index is 0. The molecular weight excluding hydrogens is 164 g/mol. The highest BCUT2D eigenvalue weighted by Gasteiger charge is 1.95. The molecule has 0 aromatic rings. The van der Waals surface area contributed by atoms with Crippen molar-refractivity contribution in [1.82, 2.24) is 0 Å². The van der Waals surface area contributed by atoms with Crippen LogP contribution < -0.4 is 0 Å². The Morgan fingerprint density at radius 2 is 1.46 bits per heavy atom. The molecule has 0 aliphatic carbocycles. The van der Waals surface area contributed by atoms with Gasteiger partial charge in [-0.05, 0) is 6.42 Å². The summed E-state index contributed by atoms with van der Waals surface area (Å²) in [5.41, 5.74) is 0. The summed E-state index contributed by atoms with van der Waals surface area (Å²) in [7, 11) is 0. The van der Waals surface area contributed by atoms with Crippen molar-refractivity contribution in [2.24, 2.45) is 0 Å². The van der Waals surface area contributed by atoms with Crippen molar-refractivity contribution in [2.45, 2.75) is 58.3 Å². The molecule has 0 rings (SSSR count). The Morgan fingerprint density at radius 1 is 1.00 bits per heavy atom. The number of hydrogen-bond acceptors (Lipinski definition) is 1. The van der Waals surface area contributed by atoms with E-state index >= 15 is 0 Å². The van der Waals surface area contributed by atoms with E-state index in [-0.39, 0.29) is 7.43 Å². The smallest absolute Gasteiger partial charge is 0.303 e. The lowest BCUT2D eigenvalue weighted by Crippen LogP contribution is -1.93. The second kappa shape index (κ2) is 11.5.